The molecule has 0 aliphatic heterocycles. The summed E-state index contributed by atoms with van der Waals surface area (Å²) in [6.45, 7) is 0.702. The maximum atomic E-state index is 13.3. The fourth-order valence-corrected chi connectivity index (χ4v) is 6.04. The molecule has 41 heavy (non-hydrogen) atoms. The number of nitrogens with zero attached hydrogens (tertiary/aromatic N) is 2. The molecule has 2 aromatic rings. The van der Waals surface area contributed by atoms with E-state index in [1.165, 1.54) is 23.7 Å². The molecule has 0 radical (unpaired) electrons. The summed E-state index contributed by atoms with van der Waals surface area (Å²) in [6, 6.07) is 3.82. The second kappa shape index (κ2) is 12.2. The van der Waals surface area contributed by atoms with Crippen molar-refractivity contribution in [2.75, 3.05) is 12.8 Å². The number of aliphatic hydroxyl groups is 2. The number of alkyl halides is 5. The summed E-state index contributed by atoms with van der Waals surface area (Å²) < 4.78 is 95.4. The van der Waals surface area contributed by atoms with Crippen LogP contribution in [0.25, 0.3) is 11.3 Å². The largest absolute Gasteiger partial charge is 0.434 e. The van der Waals surface area contributed by atoms with Crippen molar-refractivity contribution in [2.45, 2.75) is 82.7 Å². The number of aromatic nitrogens is 2. The Balaban J connectivity index is 1.89. The second-order valence-electron chi connectivity index (χ2n) is 10.5. The van der Waals surface area contributed by atoms with Crippen molar-refractivity contribution in [1.29, 1.82) is 0 Å². The Morgan fingerprint density at radius 1 is 1.32 bits per heavy atom. The van der Waals surface area contributed by atoms with Crippen molar-refractivity contribution < 1.29 is 50.1 Å². The third-order valence-electron chi connectivity index (χ3n) is 7.49. The summed E-state index contributed by atoms with van der Waals surface area (Å²) in [4.78, 5) is 13.1. The molecule has 0 unspecified atom stereocenters. The van der Waals surface area contributed by atoms with E-state index in [-0.39, 0.29) is 59.6 Å². The number of aliphatic hydroxyl groups excluding tert-OH is 1. The van der Waals surface area contributed by atoms with E-state index in [9.17, 15) is 45.4 Å². The number of nitrogens with one attached hydrogen (secondary N) is 1. The second-order valence-corrected chi connectivity index (χ2v) is 12.8. The molecule has 1 heterocycles. The lowest BCUT2D eigenvalue weighted by molar-refractivity contribution is -0.169. The highest BCUT2D eigenvalue weighted by atomic mass is 32.2. The van der Waals surface area contributed by atoms with Crippen molar-refractivity contribution in [3.8, 4) is 17.0 Å². The van der Waals surface area contributed by atoms with Gasteiger partial charge in [0.15, 0.2) is 5.69 Å². The predicted octanol–water partition coefficient (Wildman–Crippen LogP) is 3.64. The highest BCUT2D eigenvalue weighted by molar-refractivity contribution is 7.91. The van der Waals surface area contributed by atoms with Gasteiger partial charge in [0.25, 0.3) is 5.91 Å². The number of carbonyl (C=O) groups excluding carboxylic acids is 1. The summed E-state index contributed by atoms with van der Waals surface area (Å²) in [5.41, 5.74) is -1.17. The molecule has 1 aromatic heterocycles. The number of rotatable bonds is 10. The maximum absolute atomic E-state index is 13.3. The molecule has 1 amide bonds. The van der Waals surface area contributed by atoms with Crippen molar-refractivity contribution >= 4 is 15.7 Å². The Hall–Kier alpha value is -2.78. The Morgan fingerprint density at radius 3 is 2.51 bits per heavy atom. The van der Waals surface area contributed by atoms with Gasteiger partial charge in [-0.1, -0.05) is 13.0 Å². The number of benzene rings is 1. The van der Waals surface area contributed by atoms with E-state index >= 15 is 0 Å². The number of halogens is 5. The lowest BCUT2D eigenvalue weighted by Crippen LogP contribution is -2.56. The summed E-state index contributed by atoms with van der Waals surface area (Å²) in [7, 11) is -3.43. The molecule has 1 aromatic carbocycles. The third kappa shape index (κ3) is 7.55. The average molecular weight is 612 g/mol. The van der Waals surface area contributed by atoms with E-state index in [2.05, 4.69) is 15.2 Å². The Labute approximate surface area is 234 Å². The van der Waals surface area contributed by atoms with Gasteiger partial charge in [-0.3, -0.25) is 9.48 Å². The molecule has 9 nitrogen and oxygen atoms in total. The number of ether oxygens (including phenoxy) is 1. The van der Waals surface area contributed by atoms with Crippen LogP contribution in [0.3, 0.4) is 0 Å². The highest BCUT2D eigenvalue weighted by Gasteiger charge is 2.44. The van der Waals surface area contributed by atoms with Crippen LogP contribution in [-0.2, 0) is 22.8 Å². The number of hydrogen-bond donors (Lipinski definition) is 3. The summed E-state index contributed by atoms with van der Waals surface area (Å²) >= 11 is 0. The van der Waals surface area contributed by atoms with Gasteiger partial charge in [-0.15, -0.1) is 0 Å². The zero-order chi connectivity index (χ0) is 30.9. The first kappa shape index (κ1) is 32.7. The zero-order valence-electron chi connectivity index (χ0n) is 23.0. The van der Waals surface area contributed by atoms with Gasteiger partial charge < -0.3 is 20.3 Å². The maximum Gasteiger partial charge on any atom is 0.391 e. The molecule has 4 atom stereocenters. The Kier molecular flexibility index (Phi) is 9.75. The van der Waals surface area contributed by atoms with Crippen LogP contribution in [0.2, 0.25) is 0 Å². The van der Waals surface area contributed by atoms with Crippen molar-refractivity contribution in [1.82, 2.24) is 15.1 Å². The van der Waals surface area contributed by atoms with E-state index in [0.29, 0.717) is 0 Å². The van der Waals surface area contributed by atoms with Gasteiger partial charge in [0.1, 0.15) is 21.2 Å². The SMILES string of the molecule is CCn1nc(C(=O)NC[C@@]2(O)CC[C@H](S(C)(=O)=O)C[C@@H]2O)c(C)c1-c1ccc(C[C@@H](C)C(F)(F)F)cc1OC(F)F. The van der Waals surface area contributed by atoms with Crippen LogP contribution >= 0.6 is 0 Å². The van der Waals surface area contributed by atoms with Crippen LogP contribution in [0.15, 0.2) is 18.2 Å². The standard InChI is InChI=1S/C26H34F5N3O6S/c1-5-34-22(18-7-6-16(10-14(2)26(29,30)31)11-19(18)40-24(27)28)15(3)21(33-34)23(36)32-13-25(37)9-8-17(12-20(25)35)41(4,38)39/h6-7,11,14,17,20,24,35,37H,5,8-10,12-13H2,1-4H3,(H,32,36)/t14-,17+,20+,25+/m1/s1. The molecule has 1 fully saturated rings. The van der Waals surface area contributed by atoms with Crippen molar-refractivity contribution in [3.63, 3.8) is 0 Å². The summed E-state index contributed by atoms with van der Waals surface area (Å²) in [5, 5.41) is 27.3. The lowest BCUT2D eigenvalue weighted by atomic mass is 9.82. The highest BCUT2D eigenvalue weighted by Crippen LogP contribution is 2.37. The smallest absolute Gasteiger partial charge is 0.391 e. The van der Waals surface area contributed by atoms with E-state index in [1.807, 2.05) is 0 Å². The van der Waals surface area contributed by atoms with Crippen molar-refractivity contribution in [2.24, 2.45) is 5.92 Å². The Morgan fingerprint density at radius 2 is 1.98 bits per heavy atom. The quantitative estimate of drug-likeness (QED) is 0.350. The van der Waals surface area contributed by atoms with E-state index in [0.717, 1.165) is 19.2 Å². The molecule has 0 saturated heterocycles. The minimum absolute atomic E-state index is 0.0759. The first-order valence-electron chi connectivity index (χ1n) is 13.0. The topological polar surface area (TPSA) is 131 Å². The number of amides is 1. The van der Waals surface area contributed by atoms with Crippen LogP contribution < -0.4 is 10.1 Å². The molecule has 230 valence electrons. The minimum atomic E-state index is -4.47. The van der Waals surface area contributed by atoms with Gasteiger partial charge in [0.05, 0.1) is 23.0 Å². The summed E-state index contributed by atoms with van der Waals surface area (Å²) in [6.07, 6.45) is -5.46. The molecule has 1 aliphatic carbocycles. The van der Waals surface area contributed by atoms with E-state index < -0.39 is 64.4 Å². The zero-order valence-corrected chi connectivity index (χ0v) is 23.8. The molecule has 3 N–H and O–H groups in total. The molecular weight excluding hydrogens is 577 g/mol. The van der Waals surface area contributed by atoms with Gasteiger partial charge in [-0.25, -0.2) is 8.42 Å². The van der Waals surface area contributed by atoms with Crippen LogP contribution in [0.1, 0.15) is 54.7 Å². The Bertz CT molecular complexity index is 1360. The van der Waals surface area contributed by atoms with Gasteiger partial charge >= 0.3 is 12.8 Å². The number of carbonyl (C=O) groups is 1. The molecule has 0 spiro atoms. The van der Waals surface area contributed by atoms with Gasteiger partial charge in [0, 0.05) is 30.5 Å². The molecule has 0 bridgehead atoms. The van der Waals surface area contributed by atoms with Gasteiger partial charge in [-0.05, 0) is 57.2 Å². The van der Waals surface area contributed by atoms with Crippen LogP contribution in [-0.4, -0.2) is 76.9 Å². The van der Waals surface area contributed by atoms with Crippen LogP contribution in [0, 0.1) is 12.8 Å². The number of sulfone groups is 1. The van der Waals surface area contributed by atoms with Crippen LogP contribution in [0.5, 0.6) is 5.75 Å². The van der Waals surface area contributed by atoms with Gasteiger partial charge in [-0.2, -0.15) is 27.1 Å². The first-order chi connectivity index (χ1) is 18.9. The summed E-state index contributed by atoms with van der Waals surface area (Å²) in [5.74, 6) is -2.84. The van der Waals surface area contributed by atoms with E-state index in [4.69, 9.17) is 0 Å². The molecule has 15 heteroatoms. The predicted molar refractivity (Wildman–Crippen MR) is 139 cm³/mol. The fourth-order valence-electron chi connectivity index (χ4n) is 4.97. The van der Waals surface area contributed by atoms with Crippen molar-refractivity contribution in [3.05, 3.63) is 35.0 Å². The molecule has 3 rings (SSSR count). The lowest BCUT2D eigenvalue weighted by Gasteiger charge is -2.39. The molecule has 1 saturated carbocycles. The van der Waals surface area contributed by atoms with E-state index in [1.54, 1.807) is 6.92 Å². The monoisotopic (exact) mass is 611 g/mol. The number of aryl methyl sites for hydroxylation is 1. The minimum Gasteiger partial charge on any atom is -0.434 e. The fraction of sp³-hybridized carbons (Fsp3) is 0.615. The average Bonchev–Trinajstić information content (AvgIpc) is 3.19. The normalized spacial score (nSPS) is 22.5. The molecular formula is C26H34F5N3O6S. The van der Waals surface area contributed by atoms with Crippen LogP contribution in [0.4, 0.5) is 22.0 Å². The molecule has 1 aliphatic rings. The van der Waals surface area contributed by atoms with Gasteiger partial charge in [0.2, 0.25) is 0 Å². The first-order valence-corrected chi connectivity index (χ1v) is 14.9. The number of hydrogen-bond acceptors (Lipinski definition) is 7. The third-order valence-corrected chi connectivity index (χ3v) is 9.13.